The summed E-state index contributed by atoms with van der Waals surface area (Å²) in [6.45, 7) is 0. The predicted molar refractivity (Wildman–Crippen MR) is 89.6 cm³/mol. The highest BCUT2D eigenvalue weighted by molar-refractivity contribution is 7.99. The molecule has 108 valence electrons. The molecule has 0 heterocycles. The van der Waals surface area contributed by atoms with Crippen molar-refractivity contribution in [3.63, 3.8) is 0 Å². The fourth-order valence-electron chi connectivity index (χ4n) is 2.19. The molecule has 0 aliphatic heterocycles. The second kappa shape index (κ2) is 7.51. The number of benzene rings is 2. The largest absolute Gasteiger partial charge is 0.299 e. The van der Waals surface area contributed by atoms with Crippen LogP contribution in [0.3, 0.4) is 0 Å². The van der Waals surface area contributed by atoms with E-state index in [1.165, 1.54) is 0 Å². The second-order valence-corrected chi connectivity index (χ2v) is 6.21. The highest BCUT2D eigenvalue weighted by atomic mass is 35.5. The molecule has 0 saturated carbocycles. The van der Waals surface area contributed by atoms with Crippen molar-refractivity contribution in [1.82, 2.24) is 5.32 Å². The van der Waals surface area contributed by atoms with Gasteiger partial charge in [0.1, 0.15) is 5.54 Å². The maximum Gasteiger partial charge on any atom is 0.132 e. The molecule has 1 N–H and O–H groups in total. The van der Waals surface area contributed by atoms with Gasteiger partial charge in [0.2, 0.25) is 0 Å². The lowest BCUT2D eigenvalue weighted by molar-refractivity contribution is 0.457. The highest BCUT2D eigenvalue weighted by Gasteiger charge is 2.29. The number of thioether (sulfide) groups is 1. The fourth-order valence-corrected chi connectivity index (χ4v) is 3.50. The Morgan fingerprint density at radius 2 is 1.81 bits per heavy atom. The maximum atomic E-state index is 9.63. The molecule has 0 amide bonds. The third-order valence-electron chi connectivity index (χ3n) is 3.46. The number of hydrogen-bond acceptors (Lipinski definition) is 3. The van der Waals surface area contributed by atoms with Crippen molar-refractivity contribution in [3.8, 4) is 6.07 Å². The monoisotopic (exact) mass is 316 g/mol. The molecule has 2 rings (SSSR count). The molecular formula is C17H17ClN2S. The van der Waals surface area contributed by atoms with E-state index >= 15 is 0 Å². The first-order valence-electron chi connectivity index (χ1n) is 6.75. The van der Waals surface area contributed by atoms with Crippen LogP contribution in [0.5, 0.6) is 0 Å². The van der Waals surface area contributed by atoms with Crippen LogP contribution in [0.25, 0.3) is 0 Å². The quantitative estimate of drug-likeness (QED) is 0.799. The van der Waals surface area contributed by atoms with Crippen LogP contribution >= 0.6 is 23.4 Å². The third kappa shape index (κ3) is 3.79. The molecule has 0 saturated heterocycles. The molecule has 2 aromatic rings. The fraction of sp³-hybridized carbons (Fsp3) is 0.235. The van der Waals surface area contributed by atoms with E-state index in [0.717, 1.165) is 21.2 Å². The number of nitrogens with zero attached hydrogens (tertiary/aromatic N) is 1. The molecule has 0 aliphatic rings. The van der Waals surface area contributed by atoms with E-state index in [2.05, 4.69) is 11.4 Å². The van der Waals surface area contributed by atoms with Crippen LogP contribution in [0.15, 0.2) is 59.5 Å². The van der Waals surface area contributed by atoms with Crippen LogP contribution in [0.1, 0.15) is 12.0 Å². The van der Waals surface area contributed by atoms with Crippen LogP contribution < -0.4 is 5.32 Å². The van der Waals surface area contributed by atoms with Crippen molar-refractivity contribution in [2.75, 3.05) is 12.8 Å². The molecule has 0 spiro atoms. The van der Waals surface area contributed by atoms with Gasteiger partial charge in [0.15, 0.2) is 0 Å². The Bertz CT molecular complexity index is 624. The zero-order chi connectivity index (χ0) is 15.1. The van der Waals surface area contributed by atoms with Gasteiger partial charge in [0, 0.05) is 10.6 Å². The molecule has 0 aromatic heterocycles. The Labute approximate surface area is 135 Å². The molecule has 0 radical (unpaired) electrons. The van der Waals surface area contributed by atoms with Gasteiger partial charge in [-0.05, 0) is 31.2 Å². The maximum absolute atomic E-state index is 9.63. The predicted octanol–water partition coefficient (Wildman–Crippen LogP) is 4.46. The lowest BCUT2D eigenvalue weighted by atomic mass is 9.89. The first-order valence-corrected chi connectivity index (χ1v) is 8.11. The van der Waals surface area contributed by atoms with E-state index in [-0.39, 0.29) is 0 Å². The standard InChI is InChI=1S/C17H17ClN2S/c1-20-17(13-19,14-7-3-2-4-8-14)11-12-21-16-10-6-5-9-15(16)18/h2-10,20H,11-12H2,1H3. The summed E-state index contributed by atoms with van der Waals surface area (Å²) < 4.78 is 0. The minimum atomic E-state index is -0.657. The van der Waals surface area contributed by atoms with Gasteiger partial charge in [-0.1, -0.05) is 54.1 Å². The van der Waals surface area contributed by atoms with Crippen molar-refractivity contribution >= 4 is 23.4 Å². The van der Waals surface area contributed by atoms with Crippen molar-refractivity contribution in [3.05, 3.63) is 65.2 Å². The van der Waals surface area contributed by atoms with E-state index in [1.54, 1.807) is 11.8 Å². The Kier molecular flexibility index (Phi) is 5.69. The minimum Gasteiger partial charge on any atom is -0.299 e. The lowest BCUT2D eigenvalue weighted by Crippen LogP contribution is -2.39. The molecule has 2 aromatic carbocycles. The second-order valence-electron chi connectivity index (χ2n) is 4.66. The summed E-state index contributed by atoms with van der Waals surface area (Å²) in [6.07, 6.45) is 0.708. The molecule has 0 aliphatic carbocycles. The Morgan fingerprint density at radius 1 is 1.14 bits per heavy atom. The van der Waals surface area contributed by atoms with Crippen LogP contribution in [0.4, 0.5) is 0 Å². The van der Waals surface area contributed by atoms with Crippen LogP contribution in [-0.4, -0.2) is 12.8 Å². The summed E-state index contributed by atoms with van der Waals surface area (Å²) in [5.41, 5.74) is 0.338. The molecule has 1 atom stereocenters. The van der Waals surface area contributed by atoms with Gasteiger partial charge >= 0.3 is 0 Å². The molecule has 0 bridgehead atoms. The molecular weight excluding hydrogens is 300 g/mol. The normalized spacial score (nSPS) is 13.4. The summed E-state index contributed by atoms with van der Waals surface area (Å²) in [5.74, 6) is 0.813. The van der Waals surface area contributed by atoms with Gasteiger partial charge in [-0.2, -0.15) is 5.26 Å². The molecule has 1 unspecified atom stereocenters. The van der Waals surface area contributed by atoms with E-state index in [9.17, 15) is 5.26 Å². The van der Waals surface area contributed by atoms with E-state index in [1.807, 2.05) is 61.6 Å². The van der Waals surface area contributed by atoms with Gasteiger partial charge in [0.25, 0.3) is 0 Å². The van der Waals surface area contributed by atoms with Crippen molar-refractivity contribution in [2.24, 2.45) is 0 Å². The third-order valence-corrected chi connectivity index (χ3v) is 4.97. The molecule has 2 nitrogen and oxygen atoms in total. The lowest BCUT2D eigenvalue weighted by Gasteiger charge is -2.26. The van der Waals surface area contributed by atoms with Gasteiger partial charge in [0.05, 0.1) is 11.1 Å². The zero-order valence-corrected chi connectivity index (χ0v) is 13.4. The van der Waals surface area contributed by atoms with Gasteiger partial charge in [-0.3, -0.25) is 5.32 Å². The van der Waals surface area contributed by atoms with Gasteiger partial charge < -0.3 is 0 Å². The summed E-state index contributed by atoms with van der Waals surface area (Å²) in [5, 5.41) is 13.6. The Balaban J connectivity index is 2.08. The number of hydrogen-bond donors (Lipinski definition) is 1. The average Bonchev–Trinajstić information content (AvgIpc) is 2.54. The molecule has 21 heavy (non-hydrogen) atoms. The number of nitrogens with one attached hydrogen (secondary N) is 1. The summed E-state index contributed by atoms with van der Waals surface area (Å²) >= 11 is 7.83. The average molecular weight is 317 g/mol. The molecule has 0 fully saturated rings. The number of halogens is 1. The first kappa shape index (κ1) is 15.9. The van der Waals surface area contributed by atoms with Gasteiger partial charge in [-0.25, -0.2) is 0 Å². The summed E-state index contributed by atoms with van der Waals surface area (Å²) in [4.78, 5) is 1.05. The van der Waals surface area contributed by atoms with E-state index in [0.29, 0.717) is 6.42 Å². The van der Waals surface area contributed by atoms with Crippen LogP contribution in [-0.2, 0) is 5.54 Å². The summed E-state index contributed by atoms with van der Waals surface area (Å²) in [7, 11) is 1.83. The number of nitriles is 1. The highest BCUT2D eigenvalue weighted by Crippen LogP contribution is 2.31. The van der Waals surface area contributed by atoms with E-state index in [4.69, 9.17) is 11.6 Å². The van der Waals surface area contributed by atoms with Crippen molar-refractivity contribution < 1.29 is 0 Å². The Hall–Kier alpha value is -1.47. The van der Waals surface area contributed by atoms with Crippen molar-refractivity contribution in [1.29, 1.82) is 5.26 Å². The van der Waals surface area contributed by atoms with Crippen LogP contribution in [0.2, 0.25) is 5.02 Å². The smallest absolute Gasteiger partial charge is 0.132 e. The molecule has 4 heteroatoms. The van der Waals surface area contributed by atoms with Crippen molar-refractivity contribution in [2.45, 2.75) is 16.9 Å². The van der Waals surface area contributed by atoms with Crippen LogP contribution in [0, 0.1) is 11.3 Å². The first-order chi connectivity index (χ1) is 10.2. The number of rotatable bonds is 6. The topological polar surface area (TPSA) is 35.8 Å². The van der Waals surface area contributed by atoms with Gasteiger partial charge in [-0.15, -0.1) is 11.8 Å². The van der Waals surface area contributed by atoms with E-state index < -0.39 is 5.54 Å². The minimum absolute atomic E-state index is 0.657. The zero-order valence-electron chi connectivity index (χ0n) is 11.8. The Morgan fingerprint density at radius 3 is 2.43 bits per heavy atom. The SMILES string of the molecule is CNC(C#N)(CCSc1ccccc1Cl)c1ccccc1. The summed E-state index contributed by atoms with van der Waals surface area (Å²) in [6, 6.07) is 20.1.